The fourth-order valence-corrected chi connectivity index (χ4v) is 4.40. The normalized spacial score (nSPS) is 15.2. The van der Waals surface area contributed by atoms with E-state index in [9.17, 15) is 4.79 Å². The molecule has 1 atom stereocenters. The van der Waals surface area contributed by atoms with Crippen molar-refractivity contribution in [1.82, 2.24) is 9.80 Å². The van der Waals surface area contributed by atoms with Crippen LogP contribution in [0.15, 0.2) is 84.9 Å². The highest BCUT2D eigenvalue weighted by Crippen LogP contribution is 2.22. The molecule has 0 N–H and O–H groups in total. The van der Waals surface area contributed by atoms with Crippen molar-refractivity contribution in [2.45, 2.75) is 26.1 Å². The van der Waals surface area contributed by atoms with Crippen molar-refractivity contribution < 1.29 is 9.53 Å². The summed E-state index contributed by atoms with van der Waals surface area (Å²) in [5.74, 6) is 1.05. The van der Waals surface area contributed by atoms with Crippen molar-refractivity contribution in [2.75, 3.05) is 38.2 Å². The molecule has 0 bridgehead atoms. The summed E-state index contributed by atoms with van der Waals surface area (Å²) in [4.78, 5) is 20.3. The Hall–Kier alpha value is -3.31. The molecule has 172 valence electrons. The molecular weight excluding hydrogens is 410 g/mol. The van der Waals surface area contributed by atoms with Gasteiger partial charge in [-0.2, -0.15) is 0 Å². The van der Waals surface area contributed by atoms with Gasteiger partial charge in [-0.1, -0.05) is 60.7 Å². The summed E-state index contributed by atoms with van der Waals surface area (Å²) in [6, 6.07) is 28.5. The van der Waals surface area contributed by atoms with Crippen LogP contribution in [0, 0.1) is 0 Å². The molecule has 5 nitrogen and oxygen atoms in total. The molecule has 0 saturated carbocycles. The van der Waals surface area contributed by atoms with Gasteiger partial charge in [0.1, 0.15) is 5.75 Å². The molecule has 33 heavy (non-hydrogen) atoms. The molecular formula is C28H33N3O2. The zero-order chi connectivity index (χ0) is 23.0. The van der Waals surface area contributed by atoms with E-state index in [0.29, 0.717) is 13.1 Å². The standard InChI is InChI=1S/C28H33N3O2/c1-23(29-17-19-30(20-18-29)26-13-15-27(33-2)16-14-26)28(32)31(21-24-9-5-3-6-10-24)22-25-11-7-4-8-12-25/h3-16,23H,17-22H2,1-2H3/t23-/m1/s1. The average Bonchev–Trinajstić information content (AvgIpc) is 2.89. The number of rotatable bonds is 8. The highest BCUT2D eigenvalue weighted by Gasteiger charge is 2.29. The highest BCUT2D eigenvalue weighted by molar-refractivity contribution is 5.81. The number of carbonyl (C=O) groups is 1. The summed E-state index contributed by atoms with van der Waals surface area (Å²) < 4.78 is 5.27. The van der Waals surface area contributed by atoms with Gasteiger partial charge in [-0.15, -0.1) is 0 Å². The maximum Gasteiger partial charge on any atom is 0.240 e. The molecule has 0 spiro atoms. The van der Waals surface area contributed by atoms with Gasteiger partial charge in [0.25, 0.3) is 0 Å². The Labute approximate surface area is 197 Å². The number of piperazine rings is 1. The maximum atomic E-state index is 13.6. The molecule has 0 aliphatic carbocycles. The van der Waals surface area contributed by atoms with Crippen molar-refractivity contribution in [3.8, 4) is 5.75 Å². The molecule has 3 aromatic rings. The van der Waals surface area contributed by atoms with Crippen LogP contribution in [-0.2, 0) is 17.9 Å². The molecule has 1 fully saturated rings. The van der Waals surface area contributed by atoms with Crippen LogP contribution in [0.2, 0.25) is 0 Å². The van der Waals surface area contributed by atoms with E-state index in [-0.39, 0.29) is 11.9 Å². The molecule has 1 saturated heterocycles. The van der Waals surface area contributed by atoms with E-state index in [1.807, 2.05) is 60.4 Å². The lowest BCUT2D eigenvalue weighted by Gasteiger charge is -2.40. The molecule has 5 heteroatoms. The third kappa shape index (κ3) is 5.93. The largest absolute Gasteiger partial charge is 0.497 e. The van der Waals surface area contributed by atoms with Crippen LogP contribution in [-0.4, -0.2) is 55.0 Å². The number of nitrogens with zero attached hydrogens (tertiary/aromatic N) is 3. The number of methoxy groups -OCH3 is 1. The van der Waals surface area contributed by atoms with Crippen LogP contribution in [0.5, 0.6) is 5.75 Å². The predicted molar refractivity (Wildman–Crippen MR) is 133 cm³/mol. The minimum Gasteiger partial charge on any atom is -0.497 e. The number of hydrogen-bond acceptors (Lipinski definition) is 4. The number of carbonyl (C=O) groups excluding carboxylic acids is 1. The van der Waals surface area contributed by atoms with Crippen LogP contribution in [0.4, 0.5) is 5.69 Å². The SMILES string of the molecule is COc1ccc(N2CCN([C@H](C)C(=O)N(Cc3ccccc3)Cc3ccccc3)CC2)cc1. The molecule has 0 radical (unpaired) electrons. The Morgan fingerprint density at radius 1 is 0.818 bits per heavy atom. The van der Waals surface area contributed by atoms with Crippen molar-refractivity contribution in [3.05, 3.63) is 96.1 Å². The van der Waals surface area contributed by atoms with Gasteiger partial charge >= 0.3 is 0 Å². The van der Waals surface area contributed by atoms with Crippen LogP contribution < -0.4 is 9.64 Å². The molecule has 1 amide bonds. The second-order valence-electron chi connectivity index (χ2n) is 8.56. The molecule has 1 aliphatic rings. The zero-order valence-corrected chi connectivity index (χ0v) is 19.6. The van der Waals surface area contributed by atoms with Gasteiger partial charge in [0.15, 0.2) is 0 Å². The first-order chi connectivity index (χ1) is 16.1. The quantitative estimate of drug-likeness (QED) is 0.516. The monoisotopic (exact) mass is 443 g/mol. The number of ether oxygens (including phenoxy) is 1. The van der Waals surface area contributed by atoms with Gasteiger partial charge in [0.05, 0.1) is 13.2 Å². The summed E-state index contributed by atoms with van der Waals surface area (Å²) in [5, 5.41) is 0. The van der Waals surface area contributed by atoms with E-state index in [4.69, 9.17) is 4.74 Å². The zero-order valence-electron chi connectivity index (χ0n) is 19.6. The summed E-state index contributed by atoms with van der Waals surface area (Å²) in [5.41, 5.74) is 3.50. The van der Waals surface area contributed by atoms with E-state index in [1.165, 1.54) is 5.69 Å². The van der Waals surface area contributed by atoms with Crippen LogP contribution in [0.25, 0.3) is 0 Å². The Morgan fingerprint density at radius 3 is 1.82 bits per heavy atom. The fourth-order valence-electron chi connectivity index (χ4n) is 4.40. The summed E-state index contributed by atoms with van der Waals surface area (Å²) >= 11 is 0. The van der Waals surface area contributed by atoms with Gasteiger partial charge in [-0.05, 0) is 42.3 Å². The minimum absolute atomic E-state index is 0.157. The first-order valence-corrected chi connectivity index (χ1v) is 11.6. The first kappa shape index (κ1) is 22.9. The van der Waals surface area contributed by atoms with Gasteiger partial charge < -0.3 is 14.5 Å². The Bertz CT molecular complexity index is 959. The van der Waals surface area contributed by atoms with Gasteiger partial charge in [-0.3, -0.25) is 9.69 Å². The van der Waals surface area contributed by atoms with Crippen molar-refractivity contribution >= 4 is 11.6 Å². The van der Waals surface area contributed by atoms with Crippen LogP contribution >= 0.6 is 0 Å². The summed E-state index contributed by atoms with van der Waals surface area (Å²) in [6.45, 7) is 6.82. The van der Waals surface area contributed by atoms with Gasteiger partial charge in [0, 0.05) is 45.0 Å². The van der Waals surface area contributed by atoms with E-state index >= 15 is 0 Å². The van der Waals surface area contributed by atoms with Gasteiger partial charge in [-0.25, -0.2) is 0 Å². The van der Waals surface area contributed by atoms with Crippen molar-refractivity contribution in [3.63, 3.8) is 0 Å². The Balaban J connectivity index is 1.41. The molecule has 1 aliphatic heterocycles. The lowest BCUT2D eigenvalue weighted by molar-refractivity contribution is -0.137. The van der Waals surface area contributed by atoms with E-state index in [2.05, 4.69) is 46.2 Å². The smallest absolute Gasteiger partial charge is 0.240 e. The predicted octanol–water partition coefficient (Wildman–Crippen LogP) is 4.43. The van der Waals surface area contributed by atoms with E-state index in [1.54, 1.807) is 7.11 Å². The lowest BCUT2D eigenvalue weighted by Crippen LogP contribution is -2.54. The fraction of sp³-hybridized carbons (Fsp3) is 0.321. The first-order valence-electron chi connectivity index (χ1n) is 11.6. The highest BCUT2D eigenvalue weighted by atomic mass is 16.5. The average molecular weight is 444 g/mol. The third-order valence-electron chi connectivity index (χ3n) is 6.40. The second kappa shape index (κ2) is 11.0. The summed E-state index contributed by atoms with van der Waals surface area (Å²) in [7, 11) is 1.69. The Morgan fingerprint density at radius 2 is 1.33 bits per heavy atom. The number of anilines is 1. The molecule has 1 heterocycles. The number of benzene rings is 3. The molecule has 0 aromatic heterocycles. The third-order valence-corrected chi connectivity index (χ3v) is 6.40. The molecule has 4 rings (SSSR count). The van der Waals surface area contributed by atoms with Crippen molar-refractivity contribution in [2.24, 2.45) is 0 Å². The van der Waals surface area contributed by atoms with Gasteiger partial charge in [0.2, 0.25) is 5.91 Å². The molecule has 3 aromatic carbocycles. The summed E-state index contributed by atoms with van der Waals surface area (Å²) in [6.07, 6.45) is 0. The number of amides is 1. The van der Waals surface area contributed by atoms with Crippen LogP contribution in [0.1, 0.15) is 18.1 Å². The molecule has 0 unspecified atom stereocenters. The van der Waals surface area contributed by atoms with E-state index in [0.717, 1.165) is 43.1 Å². The van der Waals surface area contributed by atoms with Crippen LogP contribution in [0.3, 0.4) is 0 Å². The Kier molecular flexibility index (Phi) is 7.63. The second-order valence-corrected chi connectivity index (χ2v) is 8.56. The lowest BCUT2D eigenvalue weighted by atomic mass is 10.1. The van der Waals surface area contributed by atoms with Crippen molar-refractivity contribution in [1.29, 1.82) is 0 Å². The van der Waals surface area contributed by atoms with E-state index < -0.39 is 0 Å². The maximum absolute atomic E-state index is 13.6. The minimum atomic E-state index is -0.157. The topological polar surface area (TPSA) is 36.0 Å². The number of hydrogen-bond donors (Lipinski definition) is 0.